The molecule has 2 amide bonds. The van der Waals surface area contributed by atoms with Gasteiger partial charge in [-0.15, -0.1) is 0 Å². The molecule has 3 saturated carbocycles. The number of alkyl halides is 1. The number of aromatic amines is 1. The third kappa shape index (κ3) is 3.91. The quantitative estimate of drug-likeness (QED) is 0.497. The number of likely N-dealkylation sites (tertiary alicyclic amines) is 1. The van der Waals surface area contributed by atoms with Gasteiger partial charge in [-0.1, -0.05) is 0 Å². The molecule has 0 unspecified atom stereocenters. The van der Waals surface area contributed by atoms with Gasteiger partial charge in [0, 0.05) is 37.4 Å². The molecule has 3 aliphatic carbocycles. The Kier molecular flexibility index (Phi) is 4.81. The van der Waals surface area contributed by atoms with E-state index in [1.807, 2.05) is 12.3 Å². The number of urea groups is 1. The van der Waals surface area contributed by atoms with Gasteiger partial charge in [-0.2, -0.15) is 10.2 Å². The number of hydrogen-bond acceptors (Lipinski definition) is 6. The van der Waals surface area contributed by atoms with Gasteiger partial charge >= 0.3 is 6.03 Å². The van der Waals surface area contributed by atoms with Crippen molar-refractivity contribution in [3.63, 3.8) is 0 Å². The van der Waals surface area contributed by atoms with Crippen molar-refractivity contribution >= 4 is 28.4 Å². The zero-order valence-corrected chi connectivity index (χ0v) is 22.7. The fourth-order valence-corrected chi connectivity index (χ4v) is 6.57. The van der Waals surface area contributed by atoms with Gasteiger partial charge in [0.15, 0.2) is 5.82 Å². The van der Waals surface area contributed by atoms with Gasteiger partial charge in [0.2, 0.25) is 0 Å². The molecule has 5 fully saturated rings. The molecule has 0 bridgehead atoms. The van der Waals surface area contributed by atoms with Crippen LogP contribution in [0.5, 0.6) is 0 Å². The van der Waals surface area contributed by atoms with E-state index in [1.165, 1.54) is 19.3 Å². The molecule has 206 valence electrons. The molecular weight excluding hydrogens is 497 g/mol. The van der Waals surface area contributed by atoms with Gasteiger partial charge in [-0.05, 0) is 76.9 Å². The molecule has 10 nitrogen and oxygen atoms in total. The third-order valence-electron chi connectivity index (χ3n) is 10.1. The monoisotopic (exact) mass is 533 g/mol. The number of nitrogens with zero attached hydrogens (tertiary/aromatic N) is 7. The second kappa shape index (κ2) is 7.93. The molecule has 2 aliphatic heterocycles. The summed E-state index contributed by atoms with van der Waals surface area (Å²) < 4.78 is 16.7. The summed E-state index contributed by atoms with van der Waals surface area (Å²) in [4.78, 5) is 24.9. The minimum atomic E-state index is -1.18. The molecule has 0 aromatic carbocycles. The van der Waals surface area contributed by atoms with Gasteiger partial charge in [0.1, 0.15) is 11.4 Å². The van der Waals surface area contributed by atoms with Crippen molar-refractivity contribution in [1.82, 2.24) is 34.8 Å². The first-order valence-electron chi connectivity index (χ1n) is 14.3. The first-order chi connectivity index (χ1) is 18.8. The molecule has 39 heavy (non-hydrogen) atoms. The Bertz CT molecular complexity index is 1460. The van der Waals surface area contributed by atoms with Gasteiger partial charge in [0.25, 0.3) is 0 Å². The lowest BCUT2D eigenvalue weighted by molar-refractivity contribution is 0.112. The van der Waals surface area contributed by atoms with E-state index in [-0.39, 0.29) is 18.1 Å². The van der Waals surface area contributed by atoms with Crippen molar-refractivity contribution in [1.29, 1.82) is 0 Å². The lowest BCUT2D eigenvalue weighted by Gasteiger charge is -2.43. The molecule has 2 spiro atoms. The Labute approximate surface area is 226 Å². The van der Waals surface area contributed by atoms with Crippen molar-refractivity contribution in [2.45, 2.75) is 75.2 Å². The Hall–Kier alpha value is -3.21. The number of rotatable bonds is 6. The van der Waals surface area contributed by atoms with Crippen LogP contribution in [0.4, 0.5) is 20.7 Å². The van der Waals surface area contributed by atoms with Crippen LogP contribution >= 0.6 is 0 Å². The Morgan fingerprint density at radius 1 is 1.13 bits per heavy atom. The summed E-state index contributed by atoms with van der Waals surface area (Å²) in [6, 6.07) is 2.39. The van der Waals surface area contributed by atoms with E-state index >= 15 is 0 Å². The van der Waals surface area contributed by atoms with Gasteiger partial charge in [0.05, 0.1) is 35.0 Å². The molecule has 5 aliphatic rings. The highest BCUT2D eigenvalue weighted by Gasteiger charge is 2.59. The highest BCUT2D eigenvalue weighted by molar-refractivity contribution is 5.96. The Morgan fingerprint density at radius 2 is 1.87 bits per heavy atom. The predicted octanol–water partition coefficient (Wildman–Crippen LogP) is 4.01. The van der Waals surface area contributed by atoms with E-state index in [1.54, 1.807) is 10.9 Å². The maximum atomic E-state index is 14.9. The van der Waals surface area contributed by atoms with E-state index in [9.17, 15) is 9.18 Å². The molecule has 0 atom stereocenters. The Balaban J connectivity index is 1.09. The molecule has 11 heteroatoms. The molecule has 3 aromatic rings. The van der Waals surface area contributed by atoms with Crippen LogP contribution in [0.1, 0.15) is 51.4 Å². The first kappa shape index (κ1) is 23.7. The fraction of sp³-hybridized carbons (Fsp3) is 0.643. The minimum Gasteiger partial charge on any atom is -0.351 e. The van der Waals surface area contributed by atoms with E-state index in [2.05, 4.69) is 44.3 Å². The summed E-state index contributed by atoms with van der Waals surface area (Å²) in [6.07, 6.45) is 11.7. The number of carbonyl (C=O) groups is 1. The molecule has 2 saturated heterocycles. The molecule has 0 radical (unpaired) electrons. The summed E-state index contributed by atoms with van der Waals surface area (Å²) in [7, 11) is 4.18. The van der Waals surface area contributed by atoms with Crippen LogP contribution in [0.15, 0.2) is 18.5 Å². The number of fused-ring (bicyclic) bond motifs is 1. The van der Waals surface area contributed by atoms with Crippen LogP contribution in [0.3, 0.4) is 0 Å². The van der Waals surface area contributed by atoms with Crippen molar-refractivity contribution < 1.29 is 9.18 Å². The van der Waals surface area contributed by atoms with Crippen molar-refractivity contribution in [3.8, 4) is 11.4 Å². The highest BCUT2D eigenvalue weighted by atomic mass is 19.1. The third-order valence-corrected chi connectivity index (χ3v) is 10.1. The van der Waals surface area contributed by atoms with Gasteiger partial charge in [-0.25, -0.2) is 9.18 Å². The van der Waals surface area contributed by atoms with E-state index in [0.717, 1.165) is 55.6 Å². The summed E-state index contributed by atoms with van der Waals surface area (Å²) in [5.41, 5.74) is 1.99. The van der Waals surface area contributed by atoms with Crippen molar-refractivity contribution in [2.75, 3.05) is 43.9 Å². The number of halogens is 1. The number of pyridine rings is 1. The SMILES string of the molecule is CN(C)C1CN(c2nn(CC3(F)CC3)c3cc(-c4[nH]ncc4NC(=O)N4CC5(CC5)CCC45CC5)ncc23)C1. The minimum absolute atomic E-state index is 0.0455. The number of nitrogens with one attached hydrogen (secondary N) is 2. The van der Waals surface area contributed by atoms with Crippen LogP contribution in [0, 0.1) is 5.41 Å². The second-order valence-electron chi connectivity index (χ2n) is 13.1. The second-order valence-corrected chi connectivity index (χ2v) is 13.1. The van der Waals surface area contributed by atoms with Crippen LogP contribution in [0.25, 0.3) is 22.3 Å². The van der Waals surface area contributed by atoms with E-state index < -0.39 is 5.67 Å². The van der Waals surface area contributed by atoms with Crippen molar-refractivity contribution in [3.05, 3.63) is 18.5 Å². The molecule has 8 rings (SSSR count). The number of H-pyrrole nitrogens is 1. The van der Waals surface area contributed by atoms with Gasteiger partial charge < -0.3 is 20.0 Å². The summed E-state index contributed by atoms with van der Waals surface area (Å²) >= 11 is 0. The number of anilines is 2. The molecule has 5 heterocycles. The number of hydrogen-bond donors (Lipinski definition) is 2. The van der Waals surface area contributed by atoms with Crippen LogP contribution in [-0.2, 0) is 6.54 Å². The molecule has 2 N–H and O–H groups in total. The van der Waals surface area contributed by atoms with E-state index in [4.69, 9.17) is 10.1 Å². The standard InChI is InChI=1S/C28H36FN9O/c1-35(2)18-14-36(15-18)24-19-12-30-20(11-22(19)38(34-24)17-27(29)6-7-27)23-21(13-31-33-23)32-25(39)37-16-26(3-4-26)5-8-28(37)9-10-28/h11-13,18H,3-10,14-17H2,1-2H3,(H,31,33)(H,32,39). The average molecular weight is 534 g/mol. The maximum absolute atomic E-state index is 14.9. The molecular formula is C28H36FN9O. The fourth-order valence-electron chi connectivity index (χ4n) is 6.57. The number of amides is 2. The largest absolute Gasteiger partial charge is 0.351 e. The maximum Gasteiger partial charge on any atom is 0.322 e. The normalized spacial score (nSPS) is 24.0. The van der Waals surface area contributed by atoms with Gasteiger partial charge in [-0.3, -0.25) is 14.8 Å². The Morgan fingerprint density at radius 3 is 2.56 bits per heavy atom. The van der Waals surface area contributed by atoms with Crippen LogP contribution in [0.2, 0.25) is 0 Å². The lowest BCUT2D eigenvalue weighted by Crippen LogP contribution is -2.57. The van der Waals surface area contributed by atoms with Crippen LogP contribution < -0.4 is 10.2 Å². The topological polar surface area (TPSA) is 98.2 Å². The van der Waals surface area contributed by atoms with Crippen LogP contribution in [-0.4, -0.2) is 91.8 Å². The molecule has 3 aromatic heterocycles. The zero-order chi connectivity index (χ0) is 26.6. The summed E-state index contributed by atoms with van der Waals surface area (Å²) in [5, 5.41) is 16.2. The lowest BCUT2D eigenvalue weighted by atomic mass is 9.89. The number of likely N-dealkylation sites (N-methyl/N-ethyl adjacent to an activating group) is 1. The summed E-state index contributed by atoms with van der Waals surface area (Å²) in [6.45, 7) is 2.87. The smallest absolute Gasteiger partial charge is 0.322 e. The predicted molar refractivity (Wildman–Crippen MR) is 146 cm³/mol. The van der Waals surface area contributed by atoms with E-state index in [0.29, 0.717) is 41.4 Å². The average Bonchev–Trinajstić information content (AvgIpc) is 3.84. The number of aromatic nitrogens is 5. The first-order valence-corrected chi connectivity index (χ1v) is 14.3. The summed E-state index contributed by atoms with van der Waals surface area (Å²) in [5.74, 6) is 0.860. The van der Waals surface area contributed by atoms with Crippen molar-refractivity contribution in [2.24, 2.45) is 5.41 Å². The number of piperidine rings is 1. The zero-order valence-electron chi connectivity index (χ0n) is 22.7. The number of carbonyl (C=O) groups excluding carboxylic acids is 1. The highest BCUT2D eigenvalue weighted by Crippen LogP contribution is 2.60.